The van der Waals surface area contributed by atoms with Gasteiger partial charge in [0.1, 0.15) is 17.2 Å². The molecule has 1 amide bonds. The van der Waals surface area contributed by atoms with Gasteiger partial charge in [0, 0.05) is 23.0 Å². The fourth-order valence-corrected chi connectivity index (χ4v) is 3.97. The number of hydrogen-bond donors (Lipinski definition) is 1. The molecule has 2 heterocycles. The van der Waals surface area contributed by atoms with Crippen LogP contribution in [0.2, 0.25) is 0 Å². The molecule has 0 saturated heterocycles. The lowest BCUT2D eigenvalue weighted by atomic mass is 10.0. The minimum atomic E-state index is -0.379. The molecule has 0 unspecified atom stereocenters. The highest BCUT2D eigenvalue weighted by Crippen LogP contribution is 2.38. The van der Waals surface area contributed by atoms with E-state index in [0.717, 1.165) is 22.4 Å². The summed E-state index contributed by atoms with van der Waals surface area (Å²) in [6.45, 7) is 0.196. The van der Waals surface area contributed by atoms with Gasteiger partial charge < -0.3 is 19.5 Å². The van der Waals surface area contributed by atoms with Crippen molar-refractivity contribution in [1.29, 1.82) is 0 Å². The van der Waals surface area contributed by atoms with E-state index in [9.17, 15) is 4.79 Å². The van der Waals surface area contributed by atoms with E-state index < -0.39 is 0 Å². The van der Waals surface area contributed by atoms with Crippen LogP contribution in [0.5, 0.6) is 23.0 Å². The molecule has 176 valence electrons. The smallest absolute Gasteiger partial charge is 0.346 e. The van der Waals surface area contributed by atoms with Gasteiger partial charge in [-0.1, -0.05) is 54.6 Å². The van der Waals surface area contributed by atoms with Gasteiger partial charge in [-0.2, -0.15) is 9.78 Å². The van der Waals surface area contributed by atoms with Crippen LogP contribution in [0.3, 0.4) is 0 Å². The lowest BCUT2D eigenvalue weighted by molar-refractivity contribution is 0.174. The molecule has 0 atom stereocenters. The largest absolute Gasteiger partial charge is 0.457 e. The topological polar surface area (TPSA) is 74.6 Å². The molecule has 0 bridgehead atoms. The molecule has 0 radical (unpaired) electrons. The lowest BCUT2D eigenvalue weighted by Gasteiger charge is -2.08. The maximum Gasteiger partial charge on any atom is 0.346 e. The van der Waals surface area contributed by atoms with Gasteiger partial charge in [-0.05, 0) is 54.1 Å². The summed E-state index contributed by atoms with van der Waals surface area (Å²) in [6.07, 6.45) is 1.72. The number of carbonyl (C=O) groups excluding carboxylic acids is 1. The molecule has 5 aromatic rings. The maximum atomic E-state index is 13.1. The molecular weight excluding hydrogens is 454 g/mol. The van der Waals surface area contributed by atoms with Gasteiger partial charge in [0.05, 0.1) is 0 Å². The molecule has 36 heavy (non-hydrogen) atoms. The van der Waals surface area contributed by atoms with Gasteiger partial charge in [0.25, 0.3) is 0 Å². The zero-order valence-electron chi connectivity index (χ0n) is 19.1. The number of nitrogens with zero attached hydrogens (tertiary/aromatic N) is 2. The molecule has 4 aromatic carbocycles. The SMILES string of the molecule is O=C(Nc1ccc(Oc2ccccc2)cc1)n1cc(-c2ccc3c(c2)OCO3)c(-c2ccccc2)n1. The average Bonchev–Trinajstić information content (AvgIpc) is 3.58. The first kappa shape index (κ1) is 21.5. The first-order chi connectivity index (χ1) is 17.7. The number of nitrogens with one attached hydrogen (secondary N) is 1. The van der Waals surface area contributed by atoms with Gasteiger partial charge in [0.2, 0.25) is 6.79 Å². The predicted octanol–water partition coefficient (Wildman–Crippen LogP) is 6.82. The summed E-state index contributed by atoms with van der Waals surface area (Å²) < 4.78 is 18.1. The van der Waals surface area contributed by atoms with Crippen LogP contribution >= 0.6 is 0 Å². The van der Waals surface area contributed by atoms with Gasteiger partial charge in [-0.3, -0.25) is 0 Å². The Balaban J connectivity index is 1.27. The van der Waals surface area contributed by atoms with Crippen molar-refractivity contribution in [1.82, 2.24) is 9.78 Å². The summed E-state index contributed by atoms with van der Waals surface area (Å²) >= 11 is 0. The number of amides is 1. The van der Waals surface area contributed by atoms with Crippen LogP contribution in [0, 0.1) is 0 Å². The number of hydrogen-bond acceptors (Lipinski definition) is 5. The Labute approximate surface area is 207 Å². The molecule has 0 fully saturated rings. The zero-order valence-corrected chi connectivity index (χ0v) is 19.1. The molecular formula is C29H21N3O4. The summed E-state index contributed by atoms with van der Waals surface area (Å²) in [7, 11) is 0. The summed E-state index contributed by atoms with van der Waals surface area (Å²) in [5.41, 5.74) is 3.90. The summed E-state index contributed by atoms with van der Waals surface area (Å²) in [5.74, 6) is 2.79. The number of rotatable bonds is 5. The van der Waals surface area contributed by atoms with Gasteiger partial charge >= 0.3 is 6.03 Å². The standard InChI is InChI=1S/C29H21N3O4/c33-29(30-22-12-14-24(15-13-22)36-23-9-5-2-6-10-23)32-18-25(28(31-32)20-7-3-1-4-8-20)21-11-16-26-27(17-21)35-19-34-26/h1-18H,19H2,(H,30,33). The fourth-order valence-electron chi connectivity index (χ4n) is 3.97. The Bertz CT molecular complexity index is 1510. The van der Waals surface area contributed by atoms with Crippen LogP contribution in [0.4, 0.5) is 10.5 Å². The van der Waals surface area contributed by atoms with E-state index in [1.165, 1.54) is 4.68 Å². The molecule has 1 aliphatic rings. The van der Waals surface area contributed by atoms with Crippen LogP contribution in [-0.2, 0) is 0 Å². The van der Waals surface area contributed by atoms with Crippen molar-refractivity contribution < 1.29 is 19.0 Å². The van der Waals surface area contributed by atoms with Crippen molar-refractivity contribution in [3.63, 3.8) is 0 Å². The van der Waals surface area contributed by atoms with Crippen molar-refractivity contribution in [2.45, 2.75) is 0 Å². The minimum Gasteiger partial charge on any atom is -0.457 e. The van der Waals surface area contributed by atoms with Crippen LogP contribution in [-0.4, -0.2) is 22.6 Å². The van der Waals surface area contributed by atoms with E-state index >= 15 is 0 Å². The number of ether oxygens (including phenoxy) is 3. The number of para-hydroxylation sites is 1. The monoisotopic (exact) mass is 475 g/mol. The quantitative estimate of drug-likeness (QED) is 0.302. The van der Waals surface area contributed by atoms with Crippen molar-refractivity contribution in [2.24, 2.45) is 0 Å². The van der Waals surface area contributed by atoms with E-state index in [-0.39, 0.29) is 12.8 Å². The Morgan fingerprint density at radius 1 is 0.778 bits per heavy atom. The third kappa shape index (κ3) is 4.37. The van der Waals surface area contributed by atoms with E-state index in [4.69, 9.17) is 14.2 Å². The van der Waals surface area contributed by atoms with E-state index in [1.54, 1.807) is 30.5 Å². The van der Waals surface area contributed by atoms with Crippen LogP contribution in [0.15, 0.2) is 109 Å². The highest BCUT2D eigenvalue weighted by atomic mass is 16.7. The maximum absolute atomic E-state index is 13.1. The average molecular weight is 476 g/mol. The van der Waals surface area contributed by atoms with Crippen molar-refractivity contribution in [3.8, 4) is 45.4 Å². The zero-order chi connectivity index (χ0) is 24.3. The molecule has 0 aliphatic carbocycles. The van der Waals surface area contributed by atoms with Gasteiger partial charge in [0.15, 0.2) is 11.5 Å². The lowest BCUT2D eigenvalue weighted by Crippen LogP contribution is -2.19. The molecule has 0 saturated carbocycles. The highest BCUT2D eigenvalue weighted by Gasteiger charge is 2.20. The predicted molar refractivity (Wildman–Crippen MR) is 137 cm³/mol. The first-order valence-corrected chi connectivity index (χ1v) is 11.4. The second-order valence-corrected chi connectivity index (χ2v) is 8.14. The molecule has 7 heteroatoms. The molecule has 1 N–H and O–H groups in total. The summed E-state index contributed by atoms with van der Waals surface area (Å²) in [5, 5.41) is 7.52. The van der Waals surface area contributed by atoms with Crippen LogP contribution in [0.1, 0.15) is 0 Å². The molecule has 1 aromatic heterocycles. The minimum absolute atomic E-state index is 0.196. The number of anilines is 1. The second kappa shape index (κ2) is 9.31. The fraction of sp³-hybridized carbons (Fsp3) is 0.0345. The summed E-state index contributed by atoms with van der Waals surface area (Å²) in [6, 6.07) is 31.8. The van der Waals surface area contributed by atoms with E-state index in [1.807, 2.05) is 78.9 Å². The third-order valence-electron chi connectivity index (χ3n) is 5.74. The Kier molecular flexibility index (Phi) is 5.56. The molecule has 1 aliphatic heterocycles. The molecule has 0 spiro atoms. The first-order valence-electron chi connectivity index (χ1n) is 11.4. The van der Waals surface area contributed by atoms with Crippen LogP contribution < -0.4 is 19.5 Å². The Hall–Kier alpha value is -5.04. The van der Waals surface area contributed by atoms with Crippen LogP contribution in [0.25, 0.3) is 22.4 Å². The Morgan fingerprint density at radius 2 is 1.47 bits per heavy atom. The normalized spacial score (nSPS) is 11.8. The number of carbonyl (C=O) groups is 1. The van der Waals surface area contributed by atoms with Crippen molar-refractivity contribution in [2.75, 3.05) is 12.1 Å². The third-order valence-corrected chi connectivity index (χ3v) is 5.74. The Morgan fingerprint density at radius 3 is 2.25 bits per heavy atom. The molecule has 6 rings (SSSR count). The van der Waals surface area contributed by atoms with E-state index in [2.05, 4.69) is 10.4 Å². The van der Waals surface area contributed by atoms with Crippen molar-refractivity contribution >= 4 is 11.7 Å². The second-order valence-electron chi connectivity index (χ2n) is 8.14. The van der Waals surface area contributed by atoms with Gasteiger partial charge in [-0.25, -0.2) is 4.79 Å². The van der Waals surface area contributed by atoms with Crippen molar-refractivity contribution in [3.05, 3.63) is 109 Å². The highest BCUT2D eigenvalue weighted by molar-refractivity contribution is 5.93. The van der Waals surface area contributed by atoms with E-state index in [0.29, 0.717) is 28.6 Å². The number of benzene rings is 4. The number of fused-ring (bicyclic) bond motifs is 1. The number of aromatic nitrogens is 2. The summed E-state index contributed by atoms with van der Waals surface area (Å²) in [4.78, 5) is 13.1. The van der Waals surface area contributed by atoms with Gasteiger partial charge in [-0.15, -0.1) is 0 Å². The molecule has 7 nitrogen and oxygen atoms in total.